The first-order valence-corrected chi connectivity index (χ1v) is 7.91. The highest BCUT2D eigenvalue weighted by Gasteiger charge is 2.73. The summed E-state index contributed by atoms with van der Waals surface area (Å²) in [6.45, 7) is 1.92. The van der Waals surface area contributed by atoms with Crippen LogP contribution in [0.15, 0.2) is 54.6 Å². The molecule has 22 heavy (non-hydrogen) atoms. The SMILES string of the molecule is COc1cccc([C@](O)(c2ccccc2)[C@]2(C)CC2(Cl)Cl)c1. The molecule has 2 aromatic carbocycles. The number of rotatable bonds is 4. The highest BCUT2D eigenvalue weighted by atomic mass is 35.5. The van der Waals surface area contributed by atoms with Crippen molar-refractivity contribution in [1.29, 1.82) is 0 Å². The van der Waals surface area contributed by atoms with Crippen LogP contribution < -0.4 is 4.74 Å². The Morgan fingerprint density at radius 3 is 2.18 bits per heavy atom. The molecule has 2 nitrogen and oxygen atoms in total. The van der Waals surface area contributed by atoms with Crippen LogP contribution in [0.1, 0.15) is 24.5 Å². The van der Waals surface area contributed by atoms with Gasteiger partial charge in [-0.25, -0.2) is 0 Å². The van der Waals surface area contributed by atoms with Crippen molar-refractivity contribution in [3.8, 4) is 5.75 Å². The van der Waals surface area contributed by atoms with Crippen molar-refractivity contribution in [2.75, 3.05) is 7.11 Å². The Morgan fingerprint density at radius 1 is 1.05 bits per heavy atom. The molecule has 0 saturated heterocycles. The first-order chi connectivity index (χ1) is 10.3. The summed E-state index contributed by atoms with van der Waals surface area (Å²) in [6.07, 6.45) is 0.520. The number of ether oxygens (including phenoxy) is 1. The summed E-state index contributed by atoms with van der Waals surface area (Å²) in [7, 11) is 1.60. The molecular formula is C18H18Cl2O2. The lowest BCUT2D eigenvalue weighted by Crippen LogP contribution is -2.39. The van der Waals surface area contributed by atoms with E-state index >= 15 is 0 Å². The van der Waals surface area contributed by atoms with Crippen LogP contribution in [-0.4, -0.2) is 16.5 Å². The van der Waals surface area contributed by atoms with E-state index in [1.165, 1.54) is 0 Å². The topological polar surface area (TPSA) is 29.5 Å². The molecule has 0 aromatic heterocycles. The summed E-state index contributed by atoms with van der Waals surface area (Å²) >= 11 is 12.8. The Morgan fingerprint density at radius 2 is 1.64 bits per heavy atom. The summed E-state index contributed by atoms with van der Waals surface area (Å²) in [5.41, 5.74) is -0.457. The zero-order chi connectivity index (χ0) is 16.0. The van der Waals surface area contributed by atoms with E-state index in [0.29, 0.717) is 12.2 Å². The number of hydrogen-bond donors (Lipinski definition) is 1. The maximum Gasteiger partial charge on any atom is 0.127 e. The molecule has 1 N–H and O–H groups in total. The molecule has 0 spiro atoms. The minimum atomic E-state index is -1.29. The molecule has 1 aliphatic carbocycles. The molecule has 2 atom stereocenters. The van der Waals surface area contributed by atoms with E-state index in [1.807, 2.05) is 61.5 Å². The van der Waals surface area contributed by atoms with E-state index in [0.717, 1.165) is 11.1 Å². The first kappa shape index (κ1) is 15.7. The van der Waals surface area contributed by atoms with Gasteiger partial charge in [-0.2, -0.15) is 0 Å². The van der Waals surface area contributed by atoms with Crippen LogP contribution in [0.2, 0.25) is 0 Å². The van der Waals surface area contributed by atoms with Gasteiger partial charge in [0.05, 0.1) is 7.11 Å². The van der Waals surface area contributed by atoms with Gasteiger partial charge in [0.15, 0.2) is 0 Å². The van der Waals surface area contributed by atoms with Crippen molar-refractivity contribution in [2.24, 2.45) is 5.41 Å². The van der Waals surface area contributed by atoms with E-state index in [-0.39, 0.29) is 0 Å². The van der Waals surface area contributed by atoms with Crippen LogP contribution in [0.3, 0.4) is 0 Å². The number of benzene rings is 2. The highest BCUT2D eigenvalue weighted by Crippen LogP contribution is 2.72. The molecule has 1 aliphatic rings. The van der Waals surface area contributed by atoms with Gasteiger partial charge in [0, 0.05) is 5.41 Å². The second-order valence-corrected chi connectivity index (χ2v) is 7.51. The molecule has 0 radical (unpaired) electrons. The van der Waals surface area contributed by atoms with Crippen molar-refractivity contribution in [3.05, 3.63) is 65.7 Å². The molecule has 4 heteroatoms. The standard InChI is InChI=1S/C18H18Cl2O2/c1-16(12-17(16,19)20)18(21,13-7-4-3-5-8-13)14-9-6-10-15(11-14)22-2/h3-11,21H,12H2,1-2H3/t16-,18-/m1/s1. The lowest BCUT2D eigenvalue weighted by molar-refractivity contribution is 0.00821. The van der Waals surface area contributed by atoms with Crippen LogP contribution >= 0.6 is 23.2 Å². The van der Waals surface area contributed by atoms with E-state index < -0.39 is 15.3 Å². The Bertz CT molecular complexity index is 686. The normalized spacial score (nSPS) is 25.3. The van der Waals surface area contributed by atoms with Crippen LogP contribution in [0, 0.1) is 5.41 Å². The van der Waals surface area contributed by atoms with Crippen molar-refractivity contribution >= 4 is 23.2 Å². The van der Waals surface area contributed by atoms with Gasteiger partial charge in [0.25, 0.3) is 0 Å². The largest absolute Gasteiger partial charge is 0.497 e. The number of alkyl halides is 2. The summed E-state index contributed by atoms with van der Waals surface area (Å²) in [5.74, 6) is 0.686. The van der Waals surface area contributed by atoms with Crippen LogP contribution in [0.4, 0.5) is 0 Å². The number of halogens is 2. The van der Waals surface area contributed by atoms with Crippen LogP contribution in [0.25, 0.3) is 0 Å². The molecule has 0 bridgehead atoms. The third-order valence-electron chi connectivity index (χ3n) is 4.74. The van der Waals surface area contributed by atoms with Gasteiger partial charge in [-0.1, -0.05) is 49.4 Å². The summed E-state index contributed by atoms with van der Waals surface area (Å²) in [6, 6.07) is 16.9. The molecule has 116 valence electrons. The smallest absolute Gasteiger partial charge is 0.127 e. The molecule has 0 heterocycles. The summed E-state index contributed by atoms with van der Waals surface area (Å²) < 4.78 is 4.34. The van der Waals surface area contributed by atoms with Crippen LogP contribution in [-0.2, 0) is 5.60 Å². The summed E-state index contributed by atoms with van der Waals surface area (Å²) in [5, 5.41) is 11.7. The van der Waals surface area contributed by atoms with E-state index in [9.17, 15) is 5.11 Å². The van der Waals surface area contributed by atoms with Crippen molar-refractivity contribution in [2.45, 2.75) is 23.3 Å². The molecule has 1 fully saturated rings. The van der Waals surface area contributed by atoms with Gasteiger partial charge in [-0.05, 0) is 29.7 Å². The zero-order valence-corrected chi connectivity index (χ0v) is 14.0. The maximum absolute atomic E-state index is 11.7. The number of methoxy groups -OCH3 is 1. The Labute approximate surface area is 140 Å². The molecular weight excluding hydrogens is 319 g/mol. The Kier molecular flexibility index (Phi) is 3.67. The van der Waals surface area contributed by atoms with Gasteiger partial charge < -0.3 is 9.84 Å². The highest BCUT2D eigenvalue weighted by molar-refractivity contribution is 6.51. The fraction of sp³-hybridized carbons (Fsp3) is 0.333. The molecule has 1 saturated carbocycles. The second kappa shape index (κ2) is 5.16. The lowest BCUT2D eigenvalue weighted by Gasteiger charge is -2.37. The van der Waals surface area contributed by atoms with Gasteiger partial charge >= 0.3 is 0 Å². The zero-order valence-electron chi connectivity index (χ0n) is 12.5. The van der Waals surface area contributed by atoms with Crippen LogP contribution in [0.5, 0.6) is 5.75 Å². The third kappa shape index (κ3) is 2.13. The fourth-order valence-corrected chi connectivity index (χ4v) is 3.93. The van der Waals surface area contributed by atoms with Crippen molar-refractivity contribution in [3.63, 3.8) is 0 Å². The van der Waals surface area contributed by atoms with E-state index in [1.54, 1.807) is 7.11 Å². The second-order valence-electron chi connectivity index (χ2n) is 6.02. The fourth-order valence-electron chi connectivity index (χ4n) is 3.12. The monoisotopic (exact) mass is 336 g/mol. The predicted molar refractivity (Wildman–Crippen MR) is 89.6 cm³/mol. The average Bonchev–Trinajstić information content (AvgIpc) is 3.07. The van der Waals surface area contributed by atoms with Gasteiger partial charge in [-0.3, -0.25) is 0 Å². The third-order valence-corrected chi connectivity index (χ3v) is 5.84. The minimum Gasteiger partial charge on any atom is -0.497 e. The molecule has 0 amide bonds. The van der Waals surface area contributed by atoms with Gasteiger partial charge in [0.1, 0.15) is 15.7 Å². The Hall–Kier alpha value is -1.22. The van der Waals surface area contributed by atoms with Crippen molar-refractivity contribution in [1.82, 2.24) is 0 Å². The van der Waals surface area contributed by atoms with E-state index in [2.05, 4.69) is 0 Å². The van der Waals surface area contributed by atoms with Crippen molar-refractivity contribution < 1.29 is 9.84 Å². The number of hydrogen-bond acceptors (Lipinski definition) is 2. The predicted octanol–water partition coefficient (Wildman–Crippen LogP) is 4.52. The molecule has 2 aromatic rings. The van der Waals surface area contributed by atoms with E-state index in [4.69, 9.17) is 27.9 Å². The molecule has 0 aliphatic heterocycles. The quantitative estimate of drug-likeness (QED) is 0.832. The van der Waals surface area contributed by atoms with Gasteiger partial charge in [0.2, 0.25) is 0 Å². The molecule has 3 rings (SSSR count). The average molecular weight is 337 g/mol. The number of aliphatic hydroxyl groups is 1. The van der Waals surface area contributed by atoms with Gasteiger partial charge in [-0.15, -0.1) is 23.2 Å². The summed E-state index contributed by atoms with van der Waals surface area (Å²) in [4.78, 5) is 0. The first-order valence-electron chi connectivity index (χ1n) is 7.15. The maximum atomic E-state index is 11.7. The molecule has 0 unspecified atom stereocenters. The Balaban J connectivity index is 2.20. The lowest BCUT2D eigenvalue weighted by atomic mass is 9.74. The minimum absolute atomic E-state index is 0.520.